The van der Waals surface area contributed by atoms with Gasteiger partial charge in [0.1, 0.15) is 11.8 Å². The summed E-state index contributed by atoms with van der Waals surface area (Å²) in [6.45, 7) is 0. The summed E-state index contributed by atoms with van der Waals surface area (Å²) in [5.41, 5.74) is 1.28. The minimum absolute atomic E-state index is 0.462. The Hall–Kier alpha value is -1.17. The molecule has 0 saturated carbocycles. The molecule has 0 aliphatic rings. The lowest BCUT2D eigenvalue weighted by molar-refractivity contribution is 1.15. The molecule has 2 nitrogen and oxygen atoms in total. The lowest BCUT2D eigenvalue weighted by atomic mass is 10.3. The molecule has 2 aromatic heterocycles. The average molecular weight is 211 g/mol. The largest absolute Gasteiger partial charge is 0.305 e. The maximum absolute atomic E-state index is 8.78. The molecule has 0 N–H and O–H groups in total. The van der Waals surface area contributed by atoms with Gasteiger partial charge in [-0.15, -0.1) is 0 Å². The zero-order valence-corrected chi connectivity index (χ0v) is 7.97. The van der Waals surface area contributed by atoms with Crippen molar-refractivity contribution in [3.05, 3.63) is 40.1 Å². The van der Waals surface area contributed by atoms with Crippen molar-refractivity contribution in [2.45, 2.75) is 0 Å². The number of halogens is 2. The van der Waals surface area contributed by atoms with Gasteiger partial charge < -0.3 is 4.40 Å². The van der Waals surface area contributed by atoms with Crippen LogP contribution in [-0.2, 0) is 0 Å². The number of nitrogens with zero attached hydrogens (tertiary/aromatic N) is 2. The standard InChI is InChI=1S/C9H4Cl2N2/c10-7-5-13-6(4-12)2-1-3-8(13)9(7)11/h1-3,5H. The zero-order chi connectivity index (χ0) is 9.42. The summed E-state index contributed by atoms with van der Waals surface area (Å²) in [6, 6.07) is 7.35. The van der Waals surface area contributed by atoms with Gasteiger partial charge >= 0.3 is 0 Å². The van der Waals surface area contributed by atoms with Crippen LogP contribution in [0.25, 0.3) is 5.52 Å². The van der Waals surface area contributed by atoms with E-state index in [0.717, 1.165) is 5.52 Å². The van der Waals surface area contributed by atoms with Crippen molar-refractivity contribution in [3.8, 4) is 6.07 Å². The van der Waals surface area contributed by atoms with E-state index in [2.05, 4.69) is 6.07 Å². The fraction of sp³-hybridized carbons (Fsp3) is 0. The van der Waals surface area contributed by atoms with Crippen molar-refractivity contribution in [2.24, 2.45) is 0 Å². The monoisotopic (exact) mass is 210 g/mol. The first kappa shape index (κ1) is 8.43. The maximum Gasteiger partial charge on any atom is 0.124 e. The molecule has 2 aromatic rings. The van der Waals surface area contributed by atoms with Gasteiger partial charge in [0.2, 0.25) is 0 Å². The number of hydrogen-bond acceptors (Lipinski definition) is 1. The number of fused-ring (bicyclic) bond motifs is 1. The molecule has 0 spiro atoms. The van der Waals surface area contributed by atoms with Gasteiger partial charge in [-0.3, -0.25) is 0 Å². The van der Waals surface area contributed by atoms with E-state index in [1.165, 1.54) is 0 Å². The van der Waals surface area contributed by atoms with Gasteiger partial charge in [-0.2, -0.15) is 5.26 Å². The molecular formula is C9H4Cl2N2. The normalized spacial score (nSPS) is 10.2. The van der Waals surface area contributed by atoms with Gasteiger partial charge in [0.05, 0.1) is 15.6 Å². The van der Waals surface area contributed by atoms with Crippen LogP contribution in [0.4, 0.5) is 0 Å². The molecule has 2 rings (SSSR count). The quantitative estimate of drug-likeness (QED) is 0.657. The van der Waals surface area contributed by atoms with E-state index >= 15 is 0 Å². The summed E-state index contributed by atoms with van der Waals surface area (Å²) in [6.07, 6.45) is 1.64. The van der Waals surface area contributed by atoms with Crippen LogP contribution in [0.2, 0.25) is 10.0 Å². The Kier molecular flexibility index (Phi) is 1.91. The first-order valence-electron chi connectivity index (χ1n) is 3.59. The first-order chi connectivity index (χ1) is 6.24. The molecule has 13 heavy (non-hydrogen) atoms. The van der Waals surface area contributed by atoms with Crippen molar-refractivity contribution in [3.63, 3.8) is 0 Å². The molecule has 0 aliphatic carbocycles. The van der Waals surface area contributed by atoms with Crippen LogP contribution in [0, 0.1) is 11.3 Å². The average Bonchev–Trinajstić information content (AvgIpc) is 2.43. The van der Waals surface area contributed by atoms with Crippen molar-refractivity contribution in [1.29, 1.82) is 5.26 Å². The Balaban J connectivity index is 2.95. The van der Waals surface area contributed by atoms with Crippen molar-refractivity contribution in [1.82, 2.24) is 4.40 Å². The highest BCUT2D eigenvalue weighted by atomic mass is 35.5. The summed E-state index contributed by atoms with van der Waals surface area (Å²) in [7, 11) is 0. The van der Waals surface area contributed by atoms with E-state index in [-0.39, 0.29) is 0 Å². The van der Waals surface area contributed by atoms with Crippen molar-refractivity contribution in [2.75, 3.05) is 0 Å². The highest BCUT2D eigenvalue weighted by Crippen LogP contribution is 2.28. The Labute approximate surface area is 84.9 Å². The number of aromatic nitrogens is 1. The lowest BCUT2D eigenvalue weighted by Crippen LogP contribution is -1.87. The predicted molar refractivity (Wildman–Crippen MR) is 52.1 cm³/mol. The van der Waals surface area contributed by atoms with E-state index in [4.69, 9.17) is 28.5 Å². The Bertz CT molecular complexity index is 508. The van der Waals surface area contributed by atoms with Crippen LogP contribution in [0.5, 0.6) is 0 Å². The van der Waals surface area contributed by atoms with Crippen LogP contribution in [0.15, 0.2) is 24.4 Å². The summed E-state index contributed by atoms with van der Waals surface area (Å²) in [4.78, 5) is 0. The second-order valence-corrected chi connectivity index (χ2v) is 3.35. The fourth-order valence-corrected chi connectivity index (χ4v) is 1.62. The van der Waals surface area contributed by atoms with E-state index in [0.29, 0.717) is 15.7 Å². The second-order valence-electron chi connectivity index (χ2n) is 2.57. The van der Waals surface area contributed by atoms with E-state index < -0.39 is 0 Å². The van der Waals surface area contributed by atoms with Gasteiger partial charge in [-0.05, 0) is 12.1 Å². The van der Waals surface area contributed by atoms with Gasteiger partial charge in [0.15, 0.2) is 0 Å². The van der Waals surface area contributed by atoms with Crippen molar-refractivity contribution >= 4 is 28.7 Å². The highest BCUT2D eigenvalue weighted by Gasteiger charge is 2.07. The Morgan fingerprint density at radius 2 is 2.08 bits per heavy atom. The Morgan fingerprint density at radius 3 is 2.77 bits per heavy atom. The molecule has 0 aliphatic heterocycles. The summed E-state index contributed by atoms with van der Waals surface area (Å²) in [5, 5.41) is 9.73. The van der Waals surface area contributed by atoms with Gasteiger partial charge in [0.25, 0.3) is 0 Å². The summed E-state index contributed by atoms with van der Waals surface area (Å²) < 4.78 is 1.67. The molecule has 0 unspecified atom stereocenters. The molecule has 0 amide bonds. The smallest absolute Gasteiger partial charge is 0.124 e. The van der Waals surface area contributed by atoms with Crippen LogP contribution < -0.4 is 0 Å². The molecule has 64 valence electrons. The fourth-order valence-electron chi connectivity index (χ4n) is 1.22. The van der Waals surface area contributed by atoms with Crippen LogP contribution in [0.1, 0.15) is 5.69 Å². The molecule has 2 heterocycles. The van der Waals surface area contributed by atoms with Crippen molar-refractivity contribution < 1.29 is 0 Å². The lowest BCUT2D eigenvalue weighted by Gasteiger charge is -1.95. The maximum atomic E-state index is 8.78. The highest BCUT2D eigenvalue weighted by molar-refractivity contribution is 6.44. The minimum Gasteiger partial charge on any atom is -0.305 e. The SMILES string of the molecule is N#Cc1cccc2c(Cl)c(Cl)cn12. The molecule has 0 saturated heterocycles. The molecule has 0 aromatic carbocycles. The third-order valence-corrected chi connectivity index (χ3v) is 2.60. The molecular weight excluding hydrogens is 207 g/mol. The minimum atomic E-state index is 0.462. The van der Waals surface area contributed by atoms with Gasteiger partial charge in [0, 0.05) is 6.20 Å². The van der Waals surface area contributed by atoms with Gasteiger partial charge in [-0.1, -0.05) is 29.3 Å². The zero-order valence-electron chi connectivity index (χ0n) is 6.46. The molecule has 0 bridgehead atoms. The molecule has 4 heteroatoms. The third kappa shape index (κ3) is 1.17. The van der Waals surface area contributed by atoms with E-state index in [1.54, 1.807) is 22.7 Å². The molecule has 0 atom stereocenters. The van der Waals surface area contributed by atoms with Gasteiger partial charge in [-0.25, -0.2) is 0 Å². The van der Waals surface area contributed by atoms with E-state index in [9.17, 15) is 0 Å². The van der Waals surface area contributed by atoms with E-state index in [1.807, 2.05) is 6.07 Å². The molecule has 0 fully saturated rings. The number of hydrogen-bond donors (Lipinski definition) is 0. The summed E-state index contributed by atoms with van der Waals surface area (Å²) in [5.74, 6) is 0. The number of nitriles is 1. The molecule has 0 radical (unpaired) electrons. The topological polar surface area (TPSA) is 28.2 Å². The van der Waals surface area contributed by atoms with Crippen LogP contribution >= 0.6 is 23.2 Å². The van der Waals surface area contributed by atoms with Crippen LogP contribution in [-0.4, -0.2) is 4.40 Å². The number of rotatable bonds is 0. The summed E-state index contributed by atoms with van der Waals surface area (Å²) >= 11 is 11.7. The second kappa shape index (κ2) is 2.95. The first-order valence-corrected chi connectivity index (χ1v) is 4.35. The number of pyridine rings is 1. The third-order valence-electron chi connectivity index (χ3n) is 1.82. The van der Waals surface area contributed by atoms with Crippen LogP contribution in [0.3, 0.4) is 0 Å². The Morgan fingerprint density at radius 1 is 1.31 bits per heavy atom. The predicted octanol–water partition coefficient (Wildman–Crippen LogP) is 3.12.